The molecule has 0 spiro atoms. The number of aromatic nitrogens is 2. The van der Waals surface area contributed by atoms with E-state index < -0.39 is 0 Å². The van der Waals surface area contributed by atoms with Crippen LogP contribution in [-0.2, 0) is 0 Å². The molecule has 1 aliphatic heterocycles. The van der Waals surface area contributed by atoms with Gasteiger partial charge in [-0.05, 0) is 87.8 Å². The third kappa shape index (κ3) is 4.98. The molecule has 1 N–H and O–H groups in total. The molecule has 0 amide bonds. The van der Waals surface area contributed by atoms with Crippen molar-refractivity contribution in [2.75, 3.05) is 5.32 Å². The standard InChI is InChI=1S/C54H36N4/c1-3-15-35(16-4-1)37-18-13-19-39(33-37)53-55-52-42-22-8-7-17-36(42)29-31-45(52)54(56-53)58-47-26-11-9-23-43(47)46-34-38(30-32-49(46)58)41-25-14-28-50-51(41)44-24-10-12-27-48(44)57(50)40-20-5-2-6-21-40/h1-34,53,55H. The Morgan fingerprint density at radius 2 is 1.05 bits per heavy atom. The van der Waals surface area contributed by atoms with Gasteiger partial charge in [-0.1, -0.05) is 152 Å². The maximum Gasteiger partial charge on any atom is 0.147 e. The molecule has 1 aliphatic rings. The average Bonchev–Trinajstić information content (AvgIpc) is 3.82. The van der Waals surface area contributed by atoms with Gasteiger partial charge in [0.25, 0.3) is 0 Å². The van der Waals surface area contributed by atoms with Gasteiger partial charge in [0, 0.05) is 38.2 Å². The largest absolute Gasteiger partial charge is 0.359 e. The number of nitrogens with one attached hydrogen (secondary N) is 1. The first-order chi connectivity index (χ1) is 28.8. The Labute approximate surface area is 335 Å². The average molecular weight is 741 g/mol. The number of fused-ring (bicyclic) bond motifs is 9. The van der Waals surface area contributed by atoms with Gasteiger partial charge in [0.2, 0.25) is 0 Å². The zero-order valence-electron chi connectivity index (χ0n) is 31.5. The van der Waals surface area contributed by atoms with Crippen LogP contribution >= 0.6 is 0 Å². The van der Waals surface area contributed by atoms with Gasteiger partial charge in [0.05, 0.1) is 27.8 Å². The quantitative estimate of drug-likeness (QED) is 0.192. The first kappa shape index (κ1) is 32.5. The second-order valence-corrected chi connectivity index (χ2v) is 15.2. The van der Waals surface area contributed by atoms with Crippen molar-refractivity contribution in [2.45, 2.75) is 6.17 Å². The van der Waals surface area contributed by atoms with E-state index in [-0.39, 0.29) is 6.17 Å². The van der Waals surface area contributed by atoms with E-state index >= 15 is 0 Å². The van der Waals surface area contributed by atoms with Gasteiger partial charge in [0.15, 0.2) is 0 Å². The molecule has 11 aromatic rings. The van der Waals surface area contributed by atoms with Crippen LogP contribution < -0.4 is 5.32 Å². The highest BCUT2D eigenvalue weighted by molar-refractivity contribution is 6.22. The number of anilines is 1. The zero-order chi connectivity index (χ0) is 38.2. The van der Waals surface area contributed by atoms with Crippen LogP contribution in [0.4, 0.5) is 5.69 Å². The van der Waals surface area contributed by atoms with Crippen molar-refractivity contribution in [3.8, 4) is 27.9 Å². The normalized spacial score (nSPS) is 13.9. The lowest BCUT2D eigenvalue weighted by Gasteiger charge is -2.28. The monoisotopic (exact) mass is 740 g/mol. The van der Waals surface area contributed by atoms with Gasteiger partial charge in [-0.15, -0.1) is 0 Å². The molecule has 12 rings (SSSR count). The number of benzene rings is 9. The van der Waals surface area contributed by atoms with Crippen LogP contribution in [0.3, 0.4) is 0 Å². The predicted octanol–water partition coefficient (Wildman–Crippen LogP) is 13.8. The van der Waals surface area contributed by atoms with Gasteiger partial charge >= 0.3 is 0 Å². The first-order valence-electron chi connectivity index (χ1n) is 19.9. The molecule has 0 saturated carbocycles. The molecule has 58 heavy (non-hydrogen) atoms. The van der Waals surface area contributed by atoms with Crippen LogP contribution in [0, 0.1) is 0 Å². The van der Waals surface area contributed by atoms with Crippen molar-refractivity contribution in [3.63, 3.8) is 0 Å². The lowest BCUT2D eigenvalue weighted by molar-refractivity contribution is 0.821. The number of aliphatic imine (C=N–C) groups is 1. The Morgan fingerprint density at radius 3 is 1.90 bits per heavy atom. The summed E-state index contributed by atoms with van der Waals surface area (Å²) >= 11 is 0. The van der Waals surface area contributed by atoms with E-state index in [1.807, 2.05) is 0 Å². The fraction of sp³-hybridized carbons (Fsp3) is 0.0185. The molecule has 9 aromatic carbocycles. The third-order valence-electron chi connectivity index (χ3n) is 11.9. The summed E-state index contributed by atoms with van der Waals surface area (Å²) < 4.78 is 4.78. The number of para-hydroxylation sites is 3. The number of hydrogen-bond acceptors (Lipinski definition) is 2. The van der Waals surface area contributed by atoms with Gasteiger partial charge in [-0.25, -0.2) is 4.99 Å². The Balaban J connectivity index is 1.08. The van der Waals surface area contributed by atoms with E-state index in [0.29, 0.717) is 0 Å². The maximum absolute atomic E-state index is 5.63. The summed E-state index contributed by atoms with van der Waals surface area (Å²) in [5.41, 5.74) is 13.9. The molecule has 4 heteroatoms. The summed E-state index contributed by atoms with van der Waals surface area (Å²) in [6.07, 6.45) is -0.299. The topological polar surface area (TPSA) is 34.2 Å². The number of nitrogens with zero attached hydrogens (tertiary/aromatic N) is 3. The smallest absolute Gasteiger partial charge is 0.147 e. The third-order valence-corrected chi connectivity index (χ3v) is 11.9. The number of hydrogen-bond donors (Lipinski definition) is 1. The second-order valence-electron chi connectivity index (χ2n) is 15.2. The van der Waals surface area contributed by atoms with Gasteiger partial charge in [-0.3, -0.25) is 4.57 Å². The minimum atomic E-state index is -0.299. The van der Waals surface area contributed by atoms with Gasteiger partial charge < -0.3 is 9.88 Å². The SMILES string of the molecule is c1ccc(-c2cccc(C3N=C(n4c5ccccc5c5cc(-c6cccc7c6c6ccccc6n7-c6ccccc6)ccc54)c4ccc5ccccc5c4N3)c2)cc1. The van der Waals surface area contributed by atoms with Crippen LogP contribution in [0.25, 0.3) is 82.3 Å². The van der Waals surface area contributed by atoms with Crippen LogP contribution in [0.1, 0.15) is 17.3 Å². The highest BCUT2D eigenvalue weighted by Gasteiger charge is 2.27. The molecule has 3 heterocycles. The Bertz CT molecular complexity index is 3430. The summed E-state index contributed by atoms with van der Waals surface area (Å²) in [4.78, 5) is 5.63. The molecule has 1 unspecified atom stereocenters. The maximum atomic E-state index is 5.63. The fourth-order valence-electron chi connectivity index (χ4n) is 9.31. The number of rotatable bonds is 4. The van der Waals surface area contributed by atoms with Crippen LogP contribution in [0.5, 0.6) is 0 Å². The highest BCUT2D eigenvalue weighted by Crippen LogP contribution is 2.43. The lowest BCUT2D eigenvalue weighted by Crippen LogP contribution is -2.25. The molecule has 2 aromatic heterocycles. The van der Waals surface area contributed by atoms with E-state index in [9.17, 15) is 0 Å². The Kier molecular flexibility index (Phi) is 7.26. The van der Waals surface area contributed by atoms with E-state index in [2.05, 4.69) is 221 Å². The van der Waals surface area contributed by atoms with Crippen molar-refractivity contribution >= 4 is 65.9 Å². The molecule has 0 bridgehead atoms. The van der Waals surface area contributed by atoms with Crippen molar-refractivity contribution in [1.82, 2.24) is 9.13 Å². The van der Waals surface area contributed by atoms with Crippen molar-refractivity contribution < 1.29 is 0 Å². The van der Waals surface area contributed by atoms with Crippen LogP contribution in [-0.4, -0.2) is 15.0 Å². The minimum absolute atomic E-state index is 0.299. The van der Waals surface area contributed by atoms with Gasteiger partial charge in [0.1, 0.15) is 12.0 Å². The Hall–Kier alpha value is -7.69. The van der Waals surface area contributed by atoms with Gasteiger partial charge in [-0.2, -0.15) is 0 Å². The van der Waals surface area contributed by atoms with Crippen molar-refractivity contribution in [3.05, 3.63) is 217 Å². The summed E-state index contributed by atoms with van der Waals surface area (Å²) in [6.45, 7) is 0. The molecule has 0 radical (unpaired) electrons. The molecule has 0 aliphatic carbocycles. The van der Waals surface area contributed by atoms with E-state index in [1.54, 1.807) is 0 Å². The molecule has 1 atom stereocenters. The molecule has 0 saturated heterocycles. The van der Waals surface area contributed by atoms with Crippen molar-refractivity contribution in [1.29, 1.82) is 0 Å². The molecule has 0 fully saturated rings. The molecular weight excluding hydrogens is 705 g/mol. The summed E-state index contributed by atoms with van der Waals surface area (Å²) in [5.74, 6) is 0.932. The highest BCUT2D eigenvalue weighted by atomic mass is 15.2. The lowest BCUT2D eigenvalue weighted by atomic mass is 9.97. The van der Waals surface area contributed by atoms with Crippen LogP contribution in [0.15, 0.2) is 211 Å². The summed E-state index contributed by atoms with van der Waals surface area (Å²) in [7, 11) is 0. The molecule has 4 nitrogen and oxygen atoms in total. The fourth-order valence-corrected chi connectivity index (χ4v) is 9.31. The van der Waals surface area contributed by atoms with Crippen molar-refractivity contribution in [2.24, 2.45) is 4.99 Å². The van der Waals surface area contributed by atoms with E-state index in [4.69, 9.17) is 4.99 Å². The summed E-state index contributed by atoms with van der Waals surface area (Å²) in [6, 6.07) is 74.4. The predicted molar refractivity (Wildman–Crippen MR) is 243 cm³/mol. The minimum Gasteiger partial charge on any atom is -0.359 e. The second kappa shape index (κ2) is 12.9. The molecular formula is C54H36N4. The zero-order valence-corrected chi connectivity index (χ0v) is 31.5. The summed E-state index contributed by atoms with van der Waals surface area (Å²) in [5, 5.41) is 11.2. The molecule has 272 valence electrons. The Morgan fingerprint density at radius 1 is 0.397 bits per heavy atom. The van der Waals surface area contributed by atoms with E-state index in [0.717, 1.165) is 39.4 Å². The van der Waals surface area contributed by atoms with E-state index in [1.165, 1.54) is 65.6 Å². The first-order valence-corrected chi connectivity index (χ1v) is 19.9. The van der Waals surface area contributed by atoms with Crippen LogP contribution in [0.2, 0.25) is 0 Å².